The molecule has 94 valence electrons. The maximum atomic E-state index is 5.35. The number of ether oxygens (including phenoxy) is 1. The van der Waals surface area contributed by atoms with Crippen molar-refractivity contribution in [1.82, 2.24) is 14.8 Å². The molecular formula is C13H16N4O. The van der Waals surface area contributed by atoms with Gasteiger partial charge >= 0.3 is 0 Å². The molecule has 1 aliphatic heterocycles. The van der Waals surface area contributed by atoms with Crippen molar-refractivity contribution >= 4 is 5.69 Å². The van der Waals surface area contributed by atoms with E-state index in [1.54, 1.807) is 11.0 Å². The molecule has 18 heavy (non-hydrogen) atoms. The molecule has 5 nitrogen and oxygen atoms in total. The minimum atomic E-state index is 0.524. The van der Waals surface area contributed by atoms with E-state index in [4.69, 9.17) is 4.74 Å². The summed E-state index contributed by atoms with van der Waals surface area (Å²) in [6, 6.07) is 8.75. The molecule has 2 aromatic rings. The third-order valence-electron chi connectivity index (χ3n) is 3.14. The van der Waals surface area contributed by atoms with Gasteiger partial charge in [-0.3, -0.25) is 0 Å². The van der Waals surface area contributed by atoms with Crippen LogP contribution >= 0.6 is 0 Å². The molecule has 1 aliphatic rings. The Labute approximate surface area is 106 Å². The van der Waals surface area contributed by atoms with Crippen LogP contribution in [0.5, 0.6) is 0 Å². The molecule has 0 amide bonds. The molecule has 0 radical (unpaired) electrons. The first kappa shape index (κ1) is 11.2. The van der Waals surface area contributed by atoms with Crippen molar-refractivity contribution in [3.8, 4) is 5.69 Å². The SMILES string of the molecule is c1ncn(-c2ccc(NC3CCOCC3)cc2)n1. The highest BCUT2D eigenvalue weighted by atomic mass is 16.5. The van der Waals surface area contributed by atoms with E-state index in [9.17, 15) is 0 Å². The Hall–Kier alpha value is -1.88. The number of nitrogens with one attached hydrogen (secondary N) is 1. The third kappa shape index (κ3) is 2.51. The highest BCUT2D eigenvalue weighted by molar-refractivity contribution is 5.49. The highest BCUT2D eigenvalue weighted by Crippen LogP contribution is 2.16. The largest absolute Gasteiger partial charge is 0.382 e. The fourth-order valence-electron chi connectivity index (χ4n) is 2.13. The van der Waals surface area contributed by atoms with E-state index in [-0.39, 0.29) is 0 Å². The second kappa shape index (κ2) is 5.18. The maximum absolute atomic E-state index is 5.35. The summed E-state index contributed by atoms with van der Waals surface area (Å²) in [6.07, 6.45) is 5.38. The van der Waals surface area contributed by atoms with Crippen molar-refractivity contribution in [3.05, 3.63) is 36.9 Å². The van der Waals surface area contributed by atoms with Crippen LogP contribution in [0.15, 0.2) is 36.9 Å². The van der Waals surface area contributed by atoms with Crippen LogP contribution in [0.2, 0.25) is 0 Å². The van der Waals surface area contributed by atoms with Gasteiger partial charge in [0, 0.05) is 24.9 Å². The fourth-order valence-corrected chi connectivity index (χ4v) is 2.13. The summed E-state index contributed by atoms with van der Waals surface area (Å²) in [7, 11) is 0. The summed E-state index contributed by atoms with van der Waals surface area (Å²) in [5.41, 5.74) is 2.16. The van der Waals surface area contributed by atoms with Crippen molar-refractivity contribution in [3.63, 3.8) is 0 Å². The lowest BCUT2D eigenvalue weighted by Gasteiger charge is -2.24. The van der Waals surface area contributed by atoms with Crippen molar-refractivity contribution in [1.29, 1.82) is 0 Å². The standard InChI is InChI=1S/C13H16N4O/c1-3-13(17-10-14-9-15-17)4-2-11(1)16-12-5-7-18-8-6-12/h1-4,9-10,12,16H,5-8H2. The molecule has 2 heterocycles. The van der Waals surface area contributed by atoms with Gasteiger partial charge in [0.25, 0.3) is 0 Å². The van der Waals surface area contributed by atoms with Crippen molar-refractivity contribution in [2.24, 2.45) is 0 Å². The zero-order chi connectivity index (χ0) is 12.2. The maximum Gasteiger partial charge on any atom is 0.138 e. The molecule has 1 aromatic carbocycles. The zero-order valence-electron chi connectivity index (χ0n) is 10.1. The lowest BCUT2D eigenvalue weighted by molar-refractivity contribution is 0.0904. The smallest absolute Gasteiger partial charge is 0.138 e. The Morgan fingerprint density at radius 2 is 1.94 bits per heavy atom. The molecule has 0 aliphatic carbocycles. The molecule has 0 bridgehead atoms. The number of rotatable bonds is 3. The van der Waals surface area contributed by atoms with Crippen molar-refractivity contribution < 1.29 is 4.74 Å². The van der Waals surface area contributed by atoms with E-state index in [0.717, 1.165) is 37.4 Å². The Kier molecular flexibility index (Phi) is 3.23. The summed E-state index contributed by atoms with van der Waals surface area (Å²) in [5.74, 6) is 0. The van der Waals surface area contributed by atoms with Gasteiger partial charge in [0.2, 0.25) is 0 Å². The van der Waals surface area contributed by atoms with Crippen LogP contribution in [0.1, 0.15) is 12.8 Å². The second-order valence-corrected chi connectivity index (χ2v) is 4.42. The highest BCUT2D eigenvalue weighted by Gasteiger charge is 2.12. The molecule has 0 unspecified atom stereocenters. The summed E-state index contributed by atoms with van der Waals surface area (Å²) >= 11 is 0. The number of aromatic nitrogens is 3. The van der Waals surface area contributed by atoms with E-state index >= 15 is 0 Å². The number of hydrogen-bond donors (Lipinski definition) is 1. The van der Waals surface area contributed by atoms with Crippen LogP contribution in [0.3, 0.4) is 0 Å². The Bertz CT molecular complexity index is 474. The van der Waals surface area contributed by atoms with Crippen LogP contribution in [0.4, 0.5) is 5.69 Å². The minimum Gasteiger partial charge on any atom is -0.382 e. The number of hydrogen-bond acceptors (Lipinski definition) is 4. The van der Waals surface area contributed by atoms with Crippen molar-refractivity contribution in [2.45, 2.75) is 18.9 Å². The van der Waals surface area contributed by atoms with Crippen LogP contribution in [-0.2, 0) is 4.74 Å². The summed E-state index contributed by atoms with van der Waals surface area (Å²) in [5, 5.41) is 7.63. The Balaban J connectivity index is 1.67. The van der Waals surface area contributed by atoms with Crippen LogP contribution in [-0.4, -0.2) is 34.0 Å². The zero-order valence-corrected chi connectivity index (χ0v) is 10.1. The average Bonchev–Trinajstić information content (AvgIpc) is 2.95. The lowest BCUT2D eigenvalue weighted by Crippen LogP contribution is -2.27. The van der Waals surface area contributed by atoms with Crippen LogP contribution in [0, 0.1) is 0 Å². The molecule has 1 aromatic heterocycles. The Morgan fingerprint density at radius 1 is 1.17 bits per heavy atom. The molecule has 1 N–H and O–H groups in total. The van der Waals surface area contributed by atoms with Gasteiger partial charge in [-0.1, -0.05) is 0 Å². The number of nitrogens with zero attached hydrogens (tertiary/aromatic N) is 3. The summed E-state index contributed by atoms with van der Waals surface area (Å²) in [6.45, 7) is 1.71. The van der Waals surface area contributed by atoms with Gasteiger partial charge in [0.1, 0.15) is 12.7 Å². The van der Waals surface area contributed by atoms with Gasteiger partial charge in [0.05, 0.1) is 5.69 Å². The fraction of sp³-hybridized carbons (Fsp3) is 0.385. The van der Waals surface area contributed by atoms with E-state index in [1.165, 1.54) is 6.33 Å². The predicted octanol–water partition coefficient (Wildman–Crippen LogP) is 1.86. The lowest BCUT2D eigenvalue weighted by atomic mass is 10.1. The van der Waals surface area contributed by atoms with Crippen molar-refractivity contribution in [2.75, 3.05) is 18.5 Å². The number of anilines is 1. The topological polar surface area (TPSA) is 52.0 Å². The molecule has 1 fully saturated rings. The summed E-state index contributed by atoms with van der Waals surface area (Å²) in [4.78, 5) is 3.94. The normalized spacial score (nSPS) is 16.7. The van der Waals surface area contributed by atoms with E-state index < -0.39 is 0 Å². The van der Waals surface area contributed by atoms with E-state index in [1.807, 2.05) is 12.1 Å². The molecule has 3 rings (SSSR count). The molecule has 0 spiro atoms. The van der Waals surface area contributed by atoms with Gasteiger partial charge in [0.15, 0.2) is 0 Å². The van der Waals surface area contributed by atoms with Crippen LogP contribution in [0.25, 0.3) is 5.69 Å². The molecule has 1 saturated heterocycles. The second-order valence-electron chi connectivity index (χ2n) is 4.42. The van der Waals surface area contributed by atoms with Gasteiger partial charge in [-0.25, -0.2) is 9.67 Å². The quantitative estimate of drug-likeness (QED) is 0.895. The average molecular weight is 244 g/mol. The molecule has 0 atom stereocenters. The third-order valence-corrected chi connectivity index (χ3v) is 3.14. The van der Waals surface area contributed by atoms with E-state index in [2.05, 4.69) is 27.5 Å². The van der Waals surface area contributed by atoms with E-state index in [0.29, 0.717) is 6.04 Å². The van der Waals surface area contributed by atoms with Gasteiger partial charge in [-0.15, -0.1) is 0 Å². The Morgan fingerprint density at radius 3 is 2.61 bits per heavy atom. The van der Waals surface area contributed by atoms with Crippen LogP contribution < -0.4 is 5.32 Å². The molecule has 0 saturated carbocycles. The minimum absolute atomic E-state index is 0.524. The predicted molar refractivity (Wildman–Crippen MR) is 68.8 cm³/mol. The van der Waals surface area contributed by atoms with Gasteiger partial charge < -0.3 is 10.1 Å². The first-order chi connectivity index (χ1) is 8.92. The monoisotopic (exact) mass is 244 g/mol. The van der Waals surface area contributed by atoms with Gasteiger partial charge in [-0.05, 0) is 37.1 Å². The molecular weight excluding hydrogens is 228 g/mol. The number of benzene rings is 1. The molecule has 5 heteroatoms. The first-order valence-corrected chi connectivity index (χ1v) is 6.21. The summed E-state index contributed by atoms with van der Waals surface area (Å²) < 4.78 is 7.10. The van der Waals surface area contributed by atoms with Gasteiger partial charge in [-0.2, -0.15) is 5.10 Å². The first-order valence-electron chi connectivity index (χ1n) is 6.21.